The second-order valence-electron chi connectivity index (χ2n) is 4.63. The van der Waals surface area contributed by atoms with Gasteiger partial charge in [0.2, 0.25) is 0 Å². The lowest BCUT2D eigenvalue weighted by molar-refractivity contribution is -0.117. The lowest BCUT2D eigenvalue weighted by atomic mass is 10.0. The Balaban J connectivity index is 3.64. The van der Waals surface area contributed by atoms with Crippen molar-refractivity contribution in [3.63, 3.8) is 0 Å². The van der Waals surface area contributed by atoms with Crippen molar-refractivity contribution >= 4 is 5.78 Å². The normalized spacial score (nSPS) is 13.8. The van der Waals surface area contributed by atoms with Gasteiger partial charge in [-0.1, -0.05) is 20.8 Å². The first kappa shape index (κ1) is 12.6. The maximum absolute atomic E-state index is 10.8. The number of hydrogen-bond donors (Lipinski definition) is 0. The van der Waals surface area contributed by atoms with Gasteiger partial charge in [-0.15, -0.1) is 0 Å². The van der Waals surface area contributed by atoms with E-state index in [1.165, 1.54) is 0 Å². The molecule has 13 heavy (non-hydrogen) atoms. The third kappa shape index (κ3) is 7.97. The molecule has 0 aromatic heterocycles. The fraction of sp³-hybridized carbons (Fsp3) is 0.909. The highest BCUT2D eigenvalue weighted by Crippen LogP contribution is 2.06. The number of hydrogen-bond acceptors (Lipinski definition) is 2. The van der Waals surface area contributed by atoms with Gasteiger partial charge in [0.25, 0.3) is 0 Å². The smallest absolute Gasteiger partial charge is 0.130 e. The van der Waals surface area contributed by atoms with Crippen LogP contribution in [0.25, 0.3) is 0 Å². The molecule has 0 unspecified atom stereocenters. The van der Waals surface area contributed by atoms with E-state index in [-0.39, 0.29) is 0 Å². The molecule has 0 aliphatic rings. The molecule has 78 valence electrons. The van der Waals surface area contributed by atoms with Gasteiger partial charge in [0.1, 0.15) is 5.78 Å². The molecule has 0 N–H and O–H groups in total. The van der Waals surface area contributed by atoms with Crippen molar-refractivity contribution in [1.29, 1.82) is 0 Å². The molecular formula is C11H23NO. The van der Waals surface area contributed by atoms with Gasteiger partial charge in [-0.2, -0.15) is 0 Å². The molecule has 0 radical (unpaired) electrons. The van der Waals surface area contributed by atoms with Crippen molar-refractivity contribution < 1.29 is 4.79 Å². The second-order valence-corrected chi connectivity index (χ2v) is 4.63. The lowest BCUT2D eigenvalue weighted by Gasteiger charge is -2.22. The fourth-order valence-corrected chi connectivity index (χ4v) is 1.79. The zero-order valence-electron chi connectivity index (χ0n) is 9.63. The Bertz CT molecular complexity index is 154. The Labute approximate surface area is 82.3 Å². The lowest BCUT2D eigenvalue weighted by Crippen LogP contribution is -2.28. The van der Waals surface area contributed by atoms with Gasteiger partial charge in [-0.05, 0) is 25.8 Å². The molecule has 1 atom stereocenters. The van der Waals surface area contributed by atoms with Crippen LogP contribution in [0.2, 0.25) is 0 Å². The van der Waals surface area contributed by atoms with Gasteiger partial charge in [0, 0.05) is 19.5 Å². The highest BCUT2D eigenvalue weighted by Gasteiger charge is 2.09. The SMILES string of the molecule is CC(=O)C[C@H](C)CN(C)CC(C)C. The molecule has 0 saturated heterocycles. The highest BCUT2D eigenvalue weighted by molar-refractivity contribution is 5.75. The van der Waals surface area contributed by atoms with Crippen molar-refractivity contribution in [2.75, 3.05) is 20.1 Å². The third-order valence-corrected chi connectivity index (χ3v) is 1.94. The average molecular weight is 185 g/mol. The predicted octanol–water partition coefficient (Wildman–Crippen LogP) is 2.19. The summed E-state index contributed by atoms with van der Waals surface area (Å²) in [6.45, 7) is 10.4. The summed E-state index contributed by atoms with van der Waals surface area (Å²) in [6.07, 6.45) is 0.711. The molecule has 0 amide bonds. The van der Waals surface area contributed by atoms with E-state index in [0.29, 0.717) is 24.0 Å². The van der Waals surface area contributed by atoms with Gasteiger partial charge >= 0.3 is 0 Å². The Kier molecular flexibility index (Phi) is 5.97. The summed E-state index contributed by atoms with van der Waals surface area (Å²) in [5.74, 6) is 1.49. The molecule has 0 aromatic rings. The van der Waals surface area contributed by atoms with E-state index in [2.05, 4.69) is 32.7 Å². The number of Topliss-reactive ketones (excluding diaryl/α,β-unsaturated/α-hetero) is 1. The summed E-state index contributed by atoms with van der Waals surface area (Å²) in [7, 11) is 2.12. The van der Waals surface area contributed by atoms with Crippen molar-refractivity contribution in [3.8, 4) is 0 Å². The van der Waals surface area contributed by atoms with Crippen LogP contribution in [0.1, 0.15) is 34.1 Å². The van der Waals surface area contributed by atoms with Crippen LogP contribution >= 0.6 is 0 Å². The first-order valence-electron chi connectivity index (χ1n) is 5.09. The molecule has 0 saturated carbocycles. The van der Waals surface area contributed by atoms with Crippen LogP contribution in [0.5, 0.6) is 0 Å². The maximum atomic E-state index is 10.8. The number of ketones is 1. The standard InChI is InChI=1S/C11H23NO/c1-9(2)7-12(5)8-10(3)6-11(4)13/h9-10H,6-8H2,1-5H3/t10-/m0/s1. The number of carbonyl (C=O) groups is 1. The number of carbonyl (C=O) groups excluding carboxylic acids is 1. The molecule has 0 heterocycles. The summed E-state index contributed by atoms with van der Waals surface area (Å²) in [6, 6.07) is 0. The van der Waals surface area contributed by atoms with E-state index in [1.807, 2.05) is 0 Å². The zero-order valence-corrected chi connectivity index (χ0v) is 9.63. The van der Waals surface area contributed by atoms with E-state index in [1.54, 1.807) is 6.92 Å². The minimum absolute atomic E-state index is 0.297. The summed E-state index contributed by atoms with van der Waals surface area (Å²) >= 11 is 0. The van der Waals surface area contributed by atoms with Gasteiger partial charge in [0.15, 0.2) is 0 Å². The molecule has 0 spiro atoms. The average Bonchev–Trinajstić information content (AvgIpc) is 1.80. The minimum Gasteiger partial charge on any atom is -0.306 e. The van der Waals surface area contributed by atoms with E-state index in [9.17, 15) is 4.79 Å². The number of rotatable bonds is 6. The van der Waals surface area contributed by atoms with Crippen LogP contribution in [0.15, 0.2) is 0 Å². The molecule has 0 rings (SSSR count). The molecule has 2 nitrogen and oxygen atoms in total. The first-order valence-corrected chi connectivity index (χ1v) is 5.09. The van der Waals surface area contributed by atoms with E-state index in [4.69, 9.17) is 0 Å². The van der Waals surface area contributed by atoms with E-state index < -0.39 is 0 Å². The molecule has 0 aromatic carbocycles. The molecular weight excluding hydrogens is 162 g/mol. The molecule has 0 bridgehead atoms. The maximum Gasteiger partial charge on any atom is 0.130 e. The topological polar surface area (TPSA) is 20.3 Å². The molecule has 0 aliphatic heterocycles. The van der Waals surface area contributed by atoms with Gasteiger partial charge < -0.3 is 9.69 Å². The Morgan fingerprint density at radius 2 is 1.77 bits per heavy atom. The Morgan fingerprint density at radius 3 is 2.15 bits per heavy atom. The first-order chi connectivity index (χ1) is 5.91. The molecule has 2 heteroatoms. The Hall–Kier alpha value is -0.370. The Morgan fingerprint density at radius 1 is 1.23 bits per heavy atom. The van der Waals surface area contributed by atoms with Crippen LogP contribution in [-0.2, 0) is 4.79 Å². The highest BCUT2D eigenvalue weighted by atomic mass is 16.1. The fourth-order valence-electron chi connectivity index (χ4n) is 1.79. The van der Waals surface area contributed by atoms with E-state index >= 15 is 0 Å². The van der Waals surface area contributed by atoms with Gasteiger partial charge in [0.05, 0.1) is 0 Å². The zero-order chi connectivity index (χ0) is 10.4. The van der Waals surface area contributed by atoms with Crippen molar-refractivity contribution in [3.05, 3.63) is 0 Å². The summed E-state index contributed by atoms with van der Waals surface area (Å²) in [4.78, 5) is 13.1. The second kappa shape index (κ2) is 6.14. The van der Waals surface area contributed by atoms with Crippen molar-refractivity contribution in [1.82, 2.24) is 4.90 Å². The minimum atomic E-state index is 0.297. The third-order valence-electron chi connectivity index (χ3n) is 1.94. The van der Waals surface area contributed by atoms with Gasteiger partial charge in [-0.25, -0.2) is 0 Å². The quantitative estimate of drug-likeness (QED) is 0.632. The van der Waals surface area contributed by atoms with Crippen molar-refractivity contribution in [2.45, 2.75) is 34.1 Å². The van der Waals surface area contributed by atoms with Crippen LogP contribution in [-0.4, -0.2) is 30.8 Å². The molecule has 0 fully saturated rings. The molecule has 0 aliphatic carbocycles. The largest absolute Gasteiger partial charge is 0.306 e. The summed E-state index contributed by atoms with van der Waals surface area (Å²) in [5.41, 5.74) is 0. The van der Waals surface area contributed by atoms with E-state index in [0.717, 1.165) is 13.1 Å². The van der Waals surface area contributed by atoms with Crippen LogP contribution in [0.4, 0.5) is 0 Å². The van der Waals surface area contributed by atoms with Crippen LogP contribution in [0, 0.1) is 11.8 Å². The van der Waals surface area contributed by atoms with Crippen LogP contribution in [0.3, 0.4) is 0 Å². The summed E-state index contributed by atoms with van der Waals surface area (Å²) < 4.78 is 0. The van der Waals surface area contributed by atoms with Gasteiger partial charge in [-0.3, -0.25) is 0 Å². The van der Waals surface area contributed by atoms with Crippen LogP contribution < -0.4 is 0 Å². The predicted molar refractivity (Wildman–Crippen MR) is 56.8 cm³/mol. The monoisotopic (exact) mass is 185 g/mol. The number of nitrogens with zero attached hydrogens (tertiary/aromatic N) is 1. The van der Waals surface area contributed by atoms with Crippen molar-refractivity contribution in [2.24, 2.45) is 11.8 Å². The summed E-state index contributed by atoms with van der Waals surface area (Å²) in [5, 5.41) is 0.